The zero-order chi connectivity index (χ0) is 41.8. The number of nitro benzene ring substituents is 1. The van der Waals surface area contributed by atoms with Crippen LogP contribution in [0, 0.1) is 22.0 Å². The molecule has 19 nitrogen and oxygen atoms in total. The molecule has 0 radical (unpaired) electrons. The van der Waals surface area contributed by atoms with Gasteiger partial charge in [0.05, 0.1) is 64.4 Å². The molecule has 2 atom stereocenters. The molecule has 0 fully saturated rings. The number of anilines is 1. The Morgan fingerprint density at radius 3 is 1.91 bits per heavy atom. The molecule has 2 aromatic rings. The molecule has 0 aromatic heterocycles. The topological polar surface area (TPSA) is 255 Å². The molecule has 0 aliphatic carbocycles. The second-order valence-corrected chi connectivity index (χ2v) is 12.9. The summed E-state index contributed by atoms with van der Waals surface area (Å²) < 4.78 is 36.7. The van der Waals surface area contributed by atoms with Gasteiger partial charge in [-0.2, -0.15) is 0 Å². The van der Waals surface area contributed by atoms with Gasteiger partial charge >= 0.3 is 12.2 Å². The highest BCUT2D eigenvalue weighted by Crippen LogP contribution is 2.20. The smallest absolute Gasteiger partial charge is 0.429 e. The van der Waals surface area contributed by atoms with E-state index in [1.165, 1.54) is 24.3 Å². The first kappa shape index (κ1) is 47.9. The second kappa shape index (κ2) is 28.2. The zero-order valence-electron chi connectivity index (χ0n) is 32.7. The van der Waals surface area contributed by atoms with Crippen molar-refractivity contribution in [2.45, 2.75) is 52.2 Å². The van der Waals surface area contributed by atoms with Gasteiger partial charge in [-0.05, 0) is 48.6 Å². The summed E-state index contributed by atoms with van der Waals surface area (Å²) in [5.41, 5.74) is 5.96. The number of benzene rings is 2. The molecule has 0 aliphatic heterocycles. The number of hydrogen-bond acceptors (Lipinski definition) is 14. The van der Waals surface area contributed by atoms with Crippen LogP contribution in [0.5, 0.6) is 5.75 Å². The minimum absolute atomic E-state index is 0.0432. The number of ether oxygens (including phenoxy) is 7. The summed E-state index contributed by atoms with van der Waals surface area (Å²) in [7, 11) is 1.61. The lowest BCUT2D eigenvalue weighted by Gasteiger charge is -2.24. The van der Waals surface area contributed by atoms with E-state index in [1.54, 1.807) is 31.4 Å². The molecule has 316 valence electrons. The minimum atomic E-state index is -1.02. The van der Waals surface area contributed by atoms with Gasteiger partial charge in [-0.15, -0.1) is 0 Å². The SMILES string of the molecule is COCCOCCOCCOCCOCCC(=O)C[C@H](C(=O)N[C@@H](CCCNC(N)=O)C(=O)Nc1ccc(COC(=O)Oc2ccc([N+](=O)[O-])cc2)cc1)C(C)C. The molecule has 0 heterocycles. The first-order valence-corrected chi connectivity index (χ1v) is 18.5. The molecule has 0 spiro atoms. The normalized spacial score (nSPS) is 12.0. The van der Waals surface area contributed by atoms with Crippen LogP contribution in [0.15, 0.2) is 48.5 Å². The molecule has 0 aliphatic rings. The number of nitrogens with zero attached hydrogens (tertiary/aromatic N) is 1. The molecule has 2 rings (SSSR count). The zero-order valence-corrected chi connectivity index (χ0v) is 32.7. The Morgan fingerprint density at radius 1 is 0.789 bits per heavy atom. The van der Waals surface area contributed by atoms with E-state index < -0.39 is 40.9 Å². The van der Waals surface area contributed by atoms with Crippen LogP contribution in [0.3, 0.4) is 0 Å². The molecule has 0 bridgehead atoms. The first-order valence-electron chi connectivity index (χ1n) is 18.5. The lowest BCUT2D eigenvalue weighted by Crippen LogP contribution is -2.47. The first-order chi connectivity index (χ1) is 27.4. The maximum atomic E-state index is 13.5. The summed E-state index contributed by atoms with van der Waals surface area (Å²) >= 11 is 0. The summed E-state index contributed by atoms with van der Waals surface area (Å²) in [6.45, 7) is 7.22. The number of rotatable bonds is 30. The lowest BCUT2D eigenvalue weighted by molar-refractivity contribution is -0.384. The van der Waals surface area contributed by atoms with Gasteiger partial charge in [0.15, 0.2) is 0 Å². The molecule has 19 heteroatoms. The molecular weight excluding hydrogens is 750 g/mol. The van der Waals surface area contributed by atoms with E-state index in [0.29, 0.717) is 70.5 Å². The number of carbonyl (C=O) groups is 5. The number of ketones is 1. The number of hydrogen-bond donors (Lipinski definition) is 4. The van der Waals surface area contributed by atoms with Gasteiger partial charge in [-0.1, -0.05) is 26.0 Å². The Hall–Kier alpha value is -5.21. The van der Waals surface area contributed by atoms with Crippen LogP contribution >= 0.6 is 0 Å². The number of amides is 4. The number of primary amides is 1. The number of non-ortho nitro benzene ring substituents is 1. The standard InChI is InChI=1S/C38H55N5O14/c1-27(2)33(25-31(44)14-16-52-19-20-54-23-24-55-22-21-53-18-17-51-3)35(45)42-34(5-4-15-40-37(39)47)36(46)41-29-8-6-28(7-9-29)26-56-38(48)57-32-12-10-30(11-13-32)43(49)50/h6-13,27,33-34H,4-5,14-26H2,1-3H3,(H,41,46)(H,42,45)(H3,39,40,47)/t33-,34-/m0/s1. The van der Waals surface area contributed by atoms with Crippen LogP contribution in [0.4, 0.5) is 21.0 Å². The highest BCUT2D eigenvalue weighted by Gasteiger charge is 2.29. The maximum Gasteiger partial charge on any atom is 0.514 e. The van der Waals surface area contributed by atoms with Crippen LogP contribution in [0.25, 0.3) is 0 Å². The van der Waals surface area contributed by atoms with E-state index >= 15 is 0 Å². The number of nitrogens with one attached hydrogen (secondary N) is 3. The van der Waals surface area contributed by atoms with Gasteiger partial charge in [0.2, 0.25) is 11.8 Å². The van der Waals surface area contributed by atoms with Crippen molar-refractivity contribution < 1.29 is 62.1 Å². The van der Waals surface area contributed by atoms with Crippen LogP contribution < -0.4 is 26.4 Å². The van der Waals surface area contributed by atoms with Crippen molar-refractivity contribution in [3.8, 4) is 5.75 Å². The van der Waals surface area contributed by atoms with Crippen molar-refractivity contribution in [2.75, 3.05) is 78.4 Å². The van der Waals surface area contributed by atoms with Crippen LogP contribution in [0.2, 0.25) is 0 Å². The summed E-state index contributed by atoms with van der Waals surface area (Å²) in [5, 5.41) is 18.8. The Morgan fingerprint density at radius 2 is 1.37 bits per heavy atom. The third kappa shape index (κ3) is 21.6. The molecular formula is C38H55N5O14. The quantitative estimate of drug-likeness (QED) is 0.0290. The number of Topliss-reactive ketones (excluding diaryl/α,β-unsaturated/α-hetero) is 1. The third-order valence-electron chi connectivity index (χ3n) is 8.09. The number of urea groups is 1. The number of nitrogens with two attached hydrogens (primary N) is 1. The predicted octanol–water partition coefficient (Wildman–Crippen LogP) is 3.52. The van der Waals surface area contributed by atoms with Gasteiger partial charge in [0.1, 0.15) is 24.2 Å². The fourth-order valence-electron chi connectivity index (χ4n) is 4.95. The van der Waals surface area contributed by atoms with Crippen molar-refractivity contribution in [1.29, 1.82) is 0 Å². The number of nitro groups is 1. The number of methoxy groups -OCH3 is 1. The van der Waals surface area contributed by atoms with Crippen molar-refractivity contribution in [2.24, 2.45) is 17.6 Å². The highest BCUT2D eigenvalue weighted by atomic mass is 16.7. The largest absolute Gasteiger partial charge is 0.514 e. The minimum Gasteiger partial charge on any atom is -0.429 e. The van der Waals surface area contributed by atoms with E-state index in [2.05, 4.69) is 16.0 Å². The highest BCUT2D eigenvalue weighted by molar-refractivity contribution is 5.98. The van der Waals surface area contributed by atoms with Gasteiger partial charge in [0.25, 0.3) is 5.69 Å². The van der Waals surface area contributed by atoms with E-state index in [0.717, 1.165) is 0 Å². The Bertz CT molecular complexity index is 1530. The van der Waals surface area contributed by atoms with E-state index in [4.69, 9.17) is 38.9 Å². The summed E-state index contributed by atoms with van der Waals surface area (Å²) in [5.74, 6) is -2.02. The van der Waals surface area contributed by atoms with Gasteiger partial charge < -0.3 is 54.8 Å². The Labute approximate surface area is 331 Å². The second-order valence-electron chi connectivity index (χ2n) is 12.9. The predicted molar refractivity (Wildman–Crippen MR) is 205 cm³/mol. The van der Waals surface area contributed by atoms with Crippen molar-refractivity contribution in [3.05, 3.63) is 64.2 Å². The molecule has 57 heavy (non-hydrogen) atoms. The van der Waals surface area contributed by atoms with E-state index in [9.17, 15) is 34.1 Å². The third-order valence-corrected chi connectivity index (χ3v) is 8.09. The summed E-state index contributed by atoms with van der Waals surface area (Å²) in [6, 6.07) is 9.55. The fourth-order valence-corrected chi connectivity index (χ4v) is 4.95. The molecule has 0 unspecified atom stereocenters. The average molecular weight is 806 g/mol. The van der Waals surface area contributed by atoms with Crippen LogP contribution in [-0.4, -0.2) is 114 Å². The Kier molecular flexibility index (Phi) is 23.7. The fraction of sp³-hybridized carbons (Fsp3) is 0.553. The summed E-state index contributed by atoms with van der Waals surface area (Å²) in [4.78, 5) is 73.2. The molecule has 2 aromatic carbocycles. The van der Waals surface area contributed by atoms with Gasteiger partial charge in [-0.25, -0.2) is 9.59 Å². The molecule has 0 saturated carbocycles. The lowest BCUT2D eigenvalue weighted by atomic mass is 9.88. The van der Waals surface area contributed by atoms with Gasteiger partial charge in [-0.3, -0.25) is 24.5 Å². The molecule has 5 N–H and O–H groups in total. The molecule has 0 saturated heterocycles. The van der Waals surface area contributed by atoms with Crippen molar-refractivity contribution in [3.63, 3.8) is 0 Å². The van der Waals surface area contributed by atoms with E-state index in [-0.39, 0.29) is 62.2 Å². The van der Waals surface area contributed by atoms with Crippen LogP contribution in [0.1, 0.15) is 45.1 Å². The summed E-state index contributed by atoms with van der Waals surface area (Å²) in [6.07, 6.45) is -0.482. The van der Waals surface area contributed by atoms with Crippen LogP contribution in [-0.2, 0) is 49.4 Å². The number of carbonyl (C=O) groups excluding carboxylic acids is 5. The van der Waals surface area contributed by atoms with Crippen molar-refractivity contribution in [1.82, 2.24) is 10.6 Å². The monoisotopic (exact) mass is 805 g/mol. The average Bonchev–Trinajstić information content (AvgIpc) is 3.17. The Balaban J connectivity index is 1.82. The van der Waals surface area contributed by atoms with Gasteiger partial charge in [0, 0.05) is 50.2 Å². The molecule has 4 amide bonds. The van der Waals surface area contributed by atoms with E-state index in [1.807, 2.05) is 13.8 Å². The van der Waals surface area contributed by atoms with Crippen molar-refractivity contribution >= 4 is 41.2 Å². The maximum absolute atomic E-state index is 13.5.